The van der Waals surface area contributed by atoms with Crippen LogP contribution in [-0.4, -0.2) is 9.97 Å². The minimum Gasteiger partial charge on any atom is -0.305 e. The second-order valence-electron chi connectivity index (χ2n) is 10.3. The van der Waals surface area contributed by atoms with Gasteiger partial charge in [0, 0.05) is 32.5 Å². The summed E-state index contributed by atoms with van der Waals surface area (Å²) in [5.41, 5.74) is 10.2. The summed E-state index contributed by atoms with van der Waals surface area (Å²) in [6, 6.07) is 46.5. The van der Waals surface area contributed by atoms with Crippen molar-refractivity contribution in [3.8, 4) is 33.6 Å². The van der Waals surface area contributed by atoms with Gasteiger partial charge in [-0.15, -0.1) is 70.8 Å². The third kappa shape index (κ3) is 6.23. The predicted octanol–water partition coefficient (Wildman–Crippen LogP) is 9.99. The number of nitrogens with zero attached hydrogens (tertiary/aromatic N) is 2. The van der Waals surface area contributed by atoms with Crippen molar-refractivity contribution in [2.75, 3.05) is 0 Å². The van der Waals surface area contributed by atoms with Crippen molar-refractivity contribution in [2.45, 2.75) is 20.8 Å². The van der Waals surface area contributed by atoms with Crippen LogP contribution in [0, 0.1) is 32.9 Å². The summed E-state index contributed by atoms with van der Waals surface area (Å²) in [5, 5.41) is 5.10. The molecule has 207 valence electrons. The quantitative estimate of drug-likeness (QED) is 0.134. The van der Waals surface area contributed by atoms with E-state index < -0.39 is 0 Å². The number of hydrogen-bond donors (Lipinski definition) is 0. The van der Waals surface area contributed by atoms with E-state index in [-0.39, 0.29) is 20.1 Å². The Morgan fingerprint density at radius 1 is 0.571 bits per heavy atom. The molecule has 0 atom stereocenters. The van der Waals surface area contributed by atoms with Crippen molar-refractivity contribution in [1.82, 2.24) is 9.97 Å². The standard InChI is InChI=1S/C25H16N.C14H14N.Ir/c1-2-11-21-19(8-1)17-24(23-13-4-3-12-22(21)23)18-9-7-10-20(16-18)25-14-5-6-15-26-25;1-10-4-6-13(7-5-10)14-8-11(2)12(3)9-15-14;/h1-9,11-17H;4-6,8-9H,1-3H3;/q2*-1;. The topological polar surface area (TPSA) is 25.8 Å². The van der Waals surface area contributed by atoms with Gasteiger partial charge in [-0.05, 0) is 70.0 Å². The maximum absolute atomic E-state index is 4.46. The minimum absolute atomic E-state index is 0. The molecule has 1 radical (unpaired) electrons. The first kappa shape index (κ1) is 29.1. The van der Waals surface area contributed by atoms with Crippen molar-refractivity contribution in [2.24, 2.45) is 0 Å². The Labute approximate surface area is 261 Å². The molecule has 2 nitrogen and oxygen atoms in total. The largest absolute Gasteiger partial charge is 0.305 e. The summed E-state index contributed by atoms with van der Waals surface area (Å²) in [5.74, 6) is 0. The molecule has 2 aromatic heterocycles. The van der Waals surface area contributed by atoms with Crippen LogP contribution in [0.3, 0.4) is 0 Å². The van der Waals surface area contributed by atoms with Crippen LogP contribution in [0.2, 0.25) is 0 Å². The molecular weight excluding hydrogens is 689 g/mol. The van der Waals surface area contributed by atoms with Crippen LogP contribution < -0.4 is 0 Å². The van der Waals surface area contributed by atoms with Crippen LogP contribution in [-0.2, 0) is 20.1 Å². The van der Waals surface area contributed by atoms with E-state index in [9.17, 15) is 0 Å². The van der Waals surface area contributed by atoms with Gasteiger partial charge in [-0.2, -0.15) is 0 Å². The summed E-state index contributed by atoms with van der Waals surface area (Å²) in [7, 11) is 0. The zero-order valence-corrected chi connectivity index (χ0v) is 26.2. The molecule has 42 heavy (non-hydrogen) atoms. The van der Waals surface area contributed by atoms with Crippen LogP contribution in [0.4, 0.5) is 0 Å². The SMILES string of the molecule is Cc1c[c-]c(-c2cc(C)c(C)cn2)cc1.[Ir].[c-]1ccc(-c2cc3ccccc3c3ccccc23)cc1-c1ccccn1. The molecule has 0 aliphatic heterocycles. The monoisotopic (exact) mass is 719 g/mol. The van der Waals surface area contributed by atoms with Crippen LogP contribution in [0.1, 0.15) is 16.7 Å². The van der Waals surface area contributed by atoms with E-state index in [0.29, 0.717) is 0 Å². The van der Waals surface area contributed by atoms with Gasteiger partial charge in [0.25, 0.3) is 0 Å². The summed E-state index contributed by atoms with van der Waals surface area (Å²) in [6.45, 7) is 6.24. The normalized spacial score (nSPS) is 10.5. The van der Waals surface area contributed by atoms with E-state index in [2.05, 4.69) is 128 Å². The Kier molecular flexibility index (Phi) is 9.03. The molecule has 7 aromatic rings. The van der Waals surface area contributed by atoms with E-state index >= 15 is 0 Å². The molecule has 0 saturated heterocycles. The van der Waals surface area contributed by atoms with Crippen LogP contribution in [0.25, 0.3) is 55.2 Å². The van der Waals surface area contributed by atoms with Crippen LogP contribution in [0.15, 0.2) is 128 Å². The Hall–Kier alpha value is -4.43. The second kappa shape index (κ2) is 13.0. The zero-order chi connectivity index (χ0) is 28.2. The summed E-state index contributed by atoms with van der Waals surface area (Å²) in [4.78, 5) is 8.87. The van der Waals surface area contributed by atoms with Gasteiger partial charge >= 0.3 is 0 Å². The molecule has 0 fully saturated rings. The molecule has 7 rings (SSSR count). The molecule has 0 aliphatic carbocycles. The third-order valence-electron chi connectivity index (χ3n) is 7.44. The van der Waals surface area contributed by atoms with Gasteiger partial charge < -0.3 is 9.97 Å². The molecule has 3 heteroatoms. The first-order valence-corrected chi connectivity index (χ1v) is 13.8. The van der Waals surface area contributed by atoms with Gasteiger partial charge in [0.2, 0.25) is 0 Å². The van der Waals surface area contributed by atoms with E-state index in [1.165, 1.54) is 49.4 Å². The third-order valence-corrected chi connectivity index (χ3v) is 7.44. The van der Waals surface area contributed by atoms with E-state index in [1.54, 1.807) is 0 Å². The van der Waals surface area contributed by atoms with E-state index in [4.69, 9.17) is 0 Å². The molecule has 0 aliphatic rings. The number of benzene rings is 5. The van der Waals surface area contributed by atoms with Gasteiger partial charge in [0.1, 0.15) is 0 Å². The van der Waals surface area contributed by atoms with Crippen molar-refractivity contribution in [1.29, 1.82) is 0 Å². The molecule has 5 aromatic carbocycles. The minimum atomic E-state index is 0. The van der Waals surface area contributed by atoms with E-state index in [1.807, 2.05) is 42.7 Å². The van der Waals surface area contributed by atoms with Gasteiger partial charge in [0.15, 0.2) is 0 Å². The fourth-order valence-electron chi connectivity index (χ4n) is 5.03. The van der Waals surface area contributed by atoms with Gasteiger partial charge in [-0.1, -0.05) is 79.2 Å². The zero-order valence-electron chi connectivity index (χ0n) is 23.9. The van der Waals surface area contributed by atoms with Gasteiger partial charge in [0.05, 0.1) is 0 Å². The van der Waals surface area contributed by atoms with Crippen molar-refractivity contribution in [3.63, 3.8) is 0 Å². The molecule has 0 spiro atoms. The first-order chi connectivity index (χ1) is 20.1. The fourth-order valence-corrected chi connectivity index (χ4v) is 5.03. The Balaban J connectivity index is 0.000000189. The van der Waals surface area contributed by atoms with Crippen molar-refractivity contribution >= 4 is 21.5 Å². The smallest absolute Gasteiger partial charge is 0.0192 e. The molecule has 0 amide bonds. The Morgan fingerprint density at radius 2 is 1.33 bits per heavy atom. The molecular formula is C39H30IrN2-2. The molecule has 0 saturated carbocycles. The van der Waals surface area contributed by atoms with Crippen molar-refractivity contribution < 1.29 is 20.1 Å². The molecule has 0 N–H and O–H groups in total. The maximum Gasteiger partial charge on any atom is 0.0192 e. The fraction of sp³-hybridized carbons (Fsp3) is 0.0769. The molecule has 0 bridgehead atoms. The number of rotatable bonds is 3. The average Bonchev–Trinajstić information content (AvgIpc) is 3.03. The number of aryl methyl sites for hydroxylation is 3. The maximum atomic E-state index is 4.46. The van der Waals surface area contributed by atoms with Gasteiger partial charge in [-0.3, -0.25) is 0 Å². The van der Waals surface area contributed by atoms with Crippen LogP contribution in [0.5, 0.6) is 0 Å². The summed E-state index contributed by atoms with van der Waals surface area (Å²) >= 11 is 0. The van der Waals surface area contributed by atoms with Gasteiger partial charge in [-0.25, -0.2) is 0 Å². The summed E-state index contributed by atoms with van der Waals surface area (Å²) < 4.78 is 0. The second-order valence-corrected chi connectivity index (χ2v) is 10.3. The Bertz CT molecular complexity index is 1960. The number of fused-ring (bicyclic) bond motifs is 3. The first-order valence-electron chi connectivity index (χ1n) is 13.8. The Morgan fingerprint density at radius 3 is 2.07 bits per heavy atom. The summed E-state index contributed by atoms with van der Waals surface area (Å²) in [6.07, 6.45) is 3.74. The van der Waals surface area contributed by atoms with E-state index in [0.717, 1.165) is 22.5 Å². The number of aromatic nitrogens is 2. The number of hydrogen-bond acceptors (Lipinski definition) is 2. The molecule has 2 heterocycles. The van der Waals surface area contributed by atoms with Crippen LogP contribution >= 0.6 is 0 Å². The predicted molar refractivity (Wildman–Crippen MR) is 172 cm³/mol. The van der Waals surface area contributed by atoms with Crippen molar-refractivity contribution in [3.05, 3.63) is 156 Å². The number of pyridine rings is 2. The average molecular weight is 719 g/mol. The molecule has 0 unspecified atom stereocenters.